The molecule has 0 aromatic heterocycles. The lowest BCUT2D eigenvalue weighted by Crippen LogP contribution is -2.46. The number of benzene rings is 1. The van der Waals surface area contributed by atoms with E-state index in [0.717, 1.165) is 0 Å². The Labute approximate surface area is 151 Å². The van der Waals surface area contributed by atoms with Gasteiger partial charge in [-0.2, -0.15) is 0 Å². The summed E-state index contributed by atoms with van der Waals surface area (Å²) in [4.78, 5) is 26.5. The second-order valence-electron chi connectivity index (χ2n) is 6.67. The summed E-state index contributed by atoms with van der Waals surface area (Å²) in [5.74, 6) is -0.351. The van der Waals surface area contributed by atoms with Crippen LogP contribution in [-0.4, -0.2) is 56.9 Å². The molecule has 2 saturated heterocycles. The molecule has 8 heteroatoms. The van der Waals surface area contributed by atoms with Gasteiger partial charge in [-0.1, -0.05) is 0 Å². The number of rotatable bonds is 6. The van der Waals surface area contributed by atoms with Gasteiger partial charge < -0.3 is 24.9 Å². The van der Waals surface area contributed by atoms with E-state index in [-0.39, 0.29) is 18.0 Å². The summed E-state index contributed by atoms with van der Waals surface area (Å²) in [6.07, 6.45) is -0.137. The summed E-state index contributed by atoms with van der Waals surface area (Å²) >= 11 is 0. The van der Waals surface area contributed by atoms with Gasteiger partial charge in [-0.3, -0.25) is 4.90 Å². The number of nitrogens with two attached hydrogens (primary N) is 1. The number of nitrogens with zero attached hydrogens (tertiary/aromatic N) is 2. The number of amides is 1. The molecule has 2 atom stereocenters. The Hall–Kier alpha value is -2.19. The molecule has 2 aliphatic heterocycles. The highest BCUT2D eigenvalue weighted by molar-refractivity contribution is 5.90. The first kappa shape index (κ1) is 18.6. The molecule has 1 aromatic carbocycles. The van der Waals surface area contributed by atoms with Gasteiger partial charge >= 0.3 is 6.09 Å². The number of Topliss-reactive ketones (excluding diaryl/α,β-unsaturated/α-hetero) is 1. The third-order valence-electron chi connectivity index (χ3n) is 4.68. The third kappa shape index (κ3) is 4.13. The first-order valence-corrected chi connectivity index (χ1v) is 8.81. The van der Waals surface area contributed by atoms with Crippen LogP contribution in [0.3, 0.4) is 0 Å². The minimum atomic E-state index is -0.514. The predicted octanol–water partition coefficient (Wildman–Crippen LogP) is 1.68. The second kappa shape index (κ2) is 8.01. The maximum atomic E-state index is 14.7. The average Bonchev–Trinajstić information content (AvgIpc) is 3.00. The molecule has 2 N–H and O–H groups in total. The zero-order valence-electron chi connectivity index (χ0n) is 14.8. The van der Waals surface area contributed by atoms with Crippen molar-refractivity contribution in [1.29, 1.82) is 0 Å². The van der Waals surface area contributed by atoms with Gasteiger partial charge in [0.05, 0.1) is 30.6 Å². The van der Waals surface area contributed by atoms with Gasteiger partial charge in [0, 0.05) is 26.1 Å². The summed E-state index contributed by atoms with van der Waals surface area (Å²) in [5.41, 5.74) is 6.55. The van der Waals surface area contributed by atoms with E-state index in [4.69, 9.17) is 15.2 Å². The fourth-order valence-corrected chi connectivity index (χ4v) is 3.25. The Balaban J connectivity index is 1.69. The molecule has 0 aliphatic carbocycles. The van der Waals surface area contributed by atoms with Crippen LogP contribution >= 0.6 is 0 Å². The summed E-state index contributed by atoms with van der Waals surface area (Å²) in [7, 11) is 0. The number of halogens is 1. The van der Waals surface area contributed by atoms with Gasteiger partial charge in [-0.15, -0.1) is 0 Å². The van der Waals surface area contributed by atoms with Crippen LogP contribution in [-0.2, 0) is 14.3 Å². The van der Waals surface area contributed by atoms with Crippen molar-refractivity contribution in [2.45, 2.75) is 32.0 Å². The van der Waals surface area contributed by atoms with Gasteiger partial charge in [0.1, 0.15) is 17.7 Å². The van der Waals surface area contributed by atoms with Crippen LogP contribution in [0.4, 0.5) is 20.6 Å². The van der Waals surface area contributed by atoms with Crippen LogP contribution in [0.25, 0.3) is 0 Å². The molecule has 2 fully saturated rings. The van der Waals surface area contributed by atoms with E-state index in [1.165, 1.54) is 17.9 Å². The van der Waals surface area contributed by atoms with Crippen LogP contribution in [0.1, 0.15) is 19.8 Å². The van der Waals surface area contributed by atoms with Crippen molar-refractivity contribution >= 4 is 23.3 Å². The predicted molar refractivity (Wildman–Crippen MR) is 94.9 cm³/mol. The quantitative estimate of drug-likeness (QED) is 0.826. The Morgan fingerprint density at radius 2 is 2.15 bits per heavy atom. The number of hydrogen-bond donors (Lipinski definition) is 1. The minimum Gasteiger partial charge on any atom is -0.444 e. The van der Waals surface area contributed by atoms with Crippen molar-refractivity contribution in [3.05, 3.63) is 24.0 Å². The maximum Gasteiger partial charge on any atom is 0.414 e. The van der Waals surface area contributed by atoms with Gasteiger partial charge in [0.25, 0.3) is 0 Å². The molecule has 1 amide bonds. The number of hydrogen-bond acceptors (Lipinski definition) is 6. The molecule has 0 spiro atoms. The normalized spacial score (nSPS) is 23.3. The van der Waals surface area contributed by atoms with E-state index in [1.54, 1.807) is 12.1 Å². The molecule has 2 heterocycles. The van der Waals surface area contributed by atoms with Crippen molar-refractivity contribution in [1.82, 2.24) is 0 Å². The van der Waals surface area contributed by atoms with Crippen molar-refractivity contribution in [3.8, 4) is 0 Å². The lowest BCUT2D eigenvalue weighted by Gasteiger charge is -2.34. The summed E-state index contributed by atoms with van der Waals surface area (Å²) in [5, 5.41) is 0. The summed E-state index contributed by atoms with van der Waals surface area (Å²) < 4.78 is 25.4. The van der Waals surface area contributed by atoms with Crippen LogP contribution in [0.2, 0.25) is 0 Å². The van der Waals surface area contributed by atoms with E-state index in [9.17, 15) is 14.0 Å². The van der Waals surface area contributed by atoms with Crippen molar-refractivity contribution in [2.75, 3.05) is 42.6 Å². The Morgan fingerprint density at radius 1 is 1.35 bits per heavy atom. The molecule has 26 heavy (non-hydrogen) atoms. The number of ketones is 1. The van der Waals surface area contributed by atoms with Crippen molar-refractivity contribution in [3.63, 3.8) is 0 Å². The standard InChI is InChI=1S/C18H24FN3O4/c1-12(23)2-4-14-11-22(18(24)26-14)13-3-5-17(16(19)8-13)21-6-7-25-15(9-20)10-21/h3,5,8,14-15H,2,4,6-7,9-11,20H2,1H3/t14-,15-/m0/s1. The smallest absolute Gasteiger partial charge is 0.414 e. The Kier molecular flexibility index (Phi) is 5.73. The average molecular weight is 365 g/mol. The molecule has 3 rings (SSSR count). The molecular formula is C18H24FN3O4. The molecule has 2 aliphatic rings. The first-order chi connectivity index (χ1) is 12.5. The minimum absolute atomic E-state index is 0.0520. The molecule has 7 nitrogen and oxygen atoms in total. The van der Waals surface area contributed by atoms with Gasteiger partial charge in [-0.25, -0.2) is 9.18 Å². The van der Waals surface area contributed by atoms with E-state index < -0.39 is 11.9 Å². The molecule has 0 bridgehead atoms. The van der Waals surface area contributed by atoms with Crippen LogP contribution in [0, 0.1) is 5.82 Å². The summed E-state index contributed by atoms with van der Waals surface area (Å²) in [6, 6.07) is 4.72. The monoisotopic (exact) mass is 365 g/mol. The Morgan fingerprint density at radius 3 is 2.85 bits per heavy atom. The highest BCUT2D eigenvalue weighted by Crippen LogP contribution is 2.29. The number of cyclic esters (lactones) is 1. The van der Waals surface area contributed by atoms with Gasteiger partial charge in [-0.05, 0) is 31.5 Å². The van der Waals surface area contributed by atoms with Crippen molar-refractivity contribution in [2.24, 2.45) is 5.73 Å². The van der Waals surface area contributed by atoms with Crippen LogP contribution < -0.4 is 15.5 Å². The van der Waals surface area contributed by atoms with E-state index in [0.29, 0.717) is 57.0 Å². The number of ether oxygens (including phenoxy) is 2. The lowest BCUT2D eigenvalue weighted by atomic mass is 10.1. The molecule has 142 valence electrons. The van der Waals surface area contributed by atoms with Gasteiger partial charge in [0.15, 0.2) is 0 Å². The summed E-state index contributed by atoms with van der Waals surface area (Å²) in [6.45, 7) is 3.83. The highest BCUT2D eigenvalue weighted by atomic mass is 19.1. The fraction of sp³-hybridized carbons (Fsp3) is 0.556. The van der Waals surface area contributed by atoms with Crippen LogP contribution in [0.15, 0.2) is 18.2 Å². The Bertz CT molecular complexity index is 684. The largest absolute Gasteiger partial charge is 0.444 e. The number of carbonyl (C=O) groups is 2. The molecule has 1 aromatic rings. The number of morpholine rings is 1. The van der Waals surface area contributed by atoms with E-state index in [2.05, 4.69) is 0 Å². The second-order valence-corrected chi connectivity index (χ2v) is 6.67. The highest BCUT2D eigenvalue weighted by Gasteiger charge is 2.33. The molecule has 0 radical (unpaired) electrons. The van der Waals surface area contributed by atoms with E-state index in [1.807, 2.05) is 4.90 Å². The first-order valence-electron chi connectivity index (χ1n) is 8.81. The fourth-order valence-electron chi connectivity index (χ4n) is 3.25. The zero-order valence-corrected chi connectivity index (χ0v) is 14.8. The van der Waals surface area contributed by atoms with E-state index >= 15 is 0 Å². The zero-order chi connectivity index (χ0) is 18.7. The lowest BCUT2D eigenvalue weighted by molar-refractivity contribution is -0.117. The maximum absolute atomic E-state index is 14.7. The van der Waals surface area contributed by atoms with Crippen molar-refractivity contribution < 1.29 is 23.5 Å². The topological polar surface area (TPSA) is 85.1 Å². The molecule has 0 unspecified atom stereocenters. The van der Waals surface area contributed by atoms with Gasteiger partial charge in [0.2, 0.25) is 0 Å². The molecule has 0 saturated carbocycles. The SMILES string of the molecule is CC(=O)CC[C@H]1CN(c2ccc(N3CCO[C@@H](CN)C3)c(F)c2)C(=O)O1. The van der Waals surface area contributed by atoms with Crippen LogP contribution in [0.5, 0.6) is 0 Å². The third-order valence-corrected chi connectivity index (χ3v) is 4.68. The number of anilines is 2. The molecular weight excluding hydrogens is 341 g/mol. The number of carbonyl (C=O) groups excluding carboxylic acids is 2.